The van der Waals surface area contributed by atoms with Crippen LogP contribution in [-0.4, -0.2) is 47.3 Å². The third-order valence-corrected chi connectivity index (χ3v) is 5.29. The number of amidine groups is 1. The van der Waals surface area contributed by atoms with E-state index in [9.17, 15) is 26.3 Å². The molecule has 1 aromatic carbocycles. The summed E-state index contributed by atoms with van der Waals surface area (Å²) in [6, 6.07) is 2.34. The van der Waals surface area contributed by atoms with Gasteiger partial charge in [0.05, 0.1) is 12.3 Å². The predicted molar refractivity (Wildman–Crippen MR) is 85.0 cm³/mol. The Balaban J connectivity index is 2.24. The first-order chi connectivity index (χ1) is 11.2. The van der Waals surface area contributed by atoms with Crippen molar-refractivity contribution in [2.75, 3.05) is 24.6 Å². The largest absolute Gasteiger partial charge is 0.398 e. The lowest BCUT2D eigenvalue weighted by molar-refractivity contribution is -0.105. The van der Waals surface area contributed by atoms with E-state index in [1.807, 2.05) is 0 Å². The summed E-state index contributed by atoms with van der Waals surface area (Å²) in [6.45, 7) is 1.37. The van der Waals surface area contributed by atoms with Crippen molar-refractivity contribution in [1.29, 1.82) is 0 Å². The highest BCUT2D eigenvalue weighted by atomic mass is 32.2. The summed E-state index contributed by atoms with van der Waals surface area (Å²) < 4.78 is 76.1. The first-order valence-corrected chi connectivity index (χ1v) is 8.87. The fourth-order valence-corrected chi connectivity index (χ4v) is 3.83. The number of rotatable bonds is 5. The minimum absolute atomic E-state index is 0.144. The minimum atomic E-state index is -4.34. The van der Waals surface area contributed by atoms with Gasteiger partial charge in [0.2, 0.25) is 0 Å². The van der Waals surface area contributed by atoms with Crippen molar-refractivity contribution < 1.29 is 26.3 Å². The maximum Gasteiger partial charge on any atom is 0.398 e. The van der Waals surface area contributed by atoms with E-state index >= 15 is 0 Å². The molecule has 0 aliphatic carbocycles. The molecule has 0 saturated carbocycles. The number of nitrogens with zero attached hydrogens (tertiary/aromatic N) is 2. The number of thioether (sulfide) groups is 2. The average Bonchev–Trinajstić information content (AvgIpc) is 2.86. The van der Waals surface area contributed by atoms with Crippen LogP contribution in [0.4, 0.5) is 32.0 Å². The number of aryl methyl sites for hydroxylation is 1. The molecule has 0 aromatic heterocycles. The molecule has 1 aromatic rings. The summed E-state index contributed by atoms with van der Waals surface area (Å²) in [7, 11) is 0. The number of hydrogen-bond acceptors (Lipinski definition) is 3. The lowest BCUT2D eigenvalue weighted by Gasteiger charge is -2.17. The quantitative estimate of drug-likeness (QED) is 0.516. The van der Waals surface area contributed by atoms with Gasteiger partial charge in [0.1, 0.15) is 11.5 Å². The van der Waals surface area contributed by atoms with E-state index in [0.29, 0.717) is 29.6 Å². The Bertz CT molecular complexity index is 618. The highest BCUT2D eigenvalue weighted by molar-refractivity contribution is 8.14. The Morgan fingerprint density at radius 3 is 2.67 bits per heavy atom. The molecule has 0 spiro atoms. The van der Waals surface area contributed by atoms with Gasteiger partial charge in [-0.3, -0.25) is 0 Å². The van der Waals surface area contributed by atoms with Gasteiger partial charge >= 0.3 is 6.18 Å². The number of halogens is 6. The van der Waals surface area contributed by atoms with Gasteiger partial charge in [-0.25, -0.2) is 18.2 Å². The van der Waals surface area contributed by atoms with E-state index in [1.165, 1.54) is 29.7 Å². The Hall–Kier alpha value is -1.03. The normalized spacial score (nSPS) is 17.3. The van der Waals surface area contributed by atoms with Crippen LogP contribution in [0.2, 0.25) is 0 Å². The summed E-state index contributed by atoms with van der Waals surface area (Å²) in [5.41, 5.74) is 0.225. The summed E-state index contributed by atoms with van der Waals surface area (Å²) in [5, 5.41) is 0.254. The van der Waals surface area contributed by atoms with E-state index < -0.39 is 30.7 Å². The molecule has 0 radical (unpaired) electrons. The zero-order valence-corrected chi connectivity index (χ0v) is 14.2. The van der Waals surface area contributed by atoms with Crippen molar-refractivity contribution in [1.82, 2.24) is 4.90 Å². The Kier molecular flexibility index (Phi) is 6.35. The summed E-state index contributed by atoms with van der Waals surface area (Å²) in [6.07, 6.45) is -6.89. The monoisotopic (exact) mass is 388 g/mol. The van der Waals surface area contributed by atoms with Crippen LogP contribution in [0.5, 0.6) is 0 Å². The molecule has 0 unspecified atom stereocenters. The molecule has 1 saturated heterocycles. The Morgan fingerprint density at radius 2 is 2.04 bits per heavy atom. The molecule has 2 nitrogen and oxygen atoms in total. The molecule has 1 aliphatic heterocycles. The van der Waals surface area contributed by atoms with Gasteiger partial charge in [-0.1, -0.05) is 11.8 Å². The van der Waals surface area contributed by atoms with E-state index in [-0.39, 0.29) is 15.8 Å². The van der Waals surface area contributed by atoms with Gasteiger partial charge < -0.3 is 4.90 Å². The highest BCUT2D eigenvalue weighted by Crippen LogP contribution is 2.34. The van der Waals surface area contributed by atoms with Crippen LogP contribution in [0.25, 0.3) is 0 Å². The van der Waals surface area contributed by atoms with E-state index in [0.717, 1.165) is 6.07 Å². The summed E-state index contributed by atoms with van der Waals surface area (Å²) in [4.78, 5) is 5.65. The fraction of sp³-hybridized carbons (Fsp3) is 0.500. The van der Waals surface area contributed by atoms with Gasteiger partial charge in [-0.15, -0.1) is 11.8 Å². The smallest absolute Gasteiger partial charge is 0.345 e. The summed E-state index contributed by atoms with van der Waals surface area (Å²) >= 11 is 1.76. The van der Waals surface area contributed by atoms with Crippen LogP contribution in [0.15, 0.2) is 22.0 Å². The van der Waals surface area contributed by atoms with Crippen molar-refractivity contribution in [2.24, 2.45) is 4.99 Å². The predicted octanol–water partition coefficient (Wildman–Crippen LogP) is 5.09. The molecule has 134 valence electrons. The molecule has 2 rings (SSSR count). The topological polar surface area (TPSA) is 15.6 Å². The maximum atomic E-state index is 14.0. The first-order valence-electron chi connectivity index (χ1n) is 6.90. The SMILES string of the molecule is Cc1cc(F)c(N=C2SCCN2CC(F)F)cc1SCC(F)(F)F. The highest BCUT2D eigenvalue weighted by Gasteiger charge is 2.28. The summed E-state index contributed by atoms with van der Waals surface area (Å²) in [5.74, 6) is -1.24. The van der Waals surface area contributed by atoms with Crippen LogP contribution < -0.4 is 0 Å². The van der Waals surface area contributed by atoms with Crippen LogP contribution in [0, 0.1) is 12.7 Å². The lowest BCUT2D eigenvalue weighted by atomic mass is 10.2. The van der Waals surface area contributed by atoms with Crippen LogP contribution in [0.3, 0.4) is 0 Å². The van der Waals surface area contributed by atoms with Crippen molar-refractivity contribution in [3.8, 4) is 0 Å². The third kappa shape index (κ3) is 5.51. The molecule has 0 bridgehead atoms. The van der Waals surface area contributed by atoms with E-state index in [1.54, 1.807) is 0 Å². The number of aliphatic imine (C=N–C) groups is 1. The zero-order chi connectivity index (χ0) is 17.9. The molecule has 0 N–H and O–H groups in total. The molecule has 1 fully saturated rings. The lowest BCUT2D eigenvalue weighted by Crippen LogP contribution is -2.29. The van der Waals surface area contributed by atoms with Crippen LogP contribution in [-0.2, 0) is 0 Å². The maximum absolute atomic E-state index is 14.0. The number of alkyl halides is 5. The molecular formula is C14H14F6N2S2. The van der Waals surface area contributed by atoms with Crippen LogP contribution >= 0.6 is 23.5 Å². The minimum Gasteiger partial charge on any atom is -0.345 e. The molecule has 0 amide bonds. The Labute approximate surface area is 143 Å². The standard InChI is InChI=1S/C14H14F6N2S2/c1-8-4-9(15)10(5-11(8)24-7-14(18,19)20)21-13-22(2-3-23-13)6-12(16)17/h4-5,12H,2-3,6-7H2,1H3. The van der Waals surface area contributed by atoms with Crippen molar-refractivity contribution >= 4 is 34.4 Å². The van der Waals surface area contributed by atoms with Gasteiger partial charge in [-0.2, -0.15) is 13.2 Å². The molecule has 24 heavy (non-hydrogen) atoms. The second-order valence-corrected chi connectivity index (χ2v) is 7.13. The molecule has 0 atom stereocenters. The first kappa shape index (κ1) is 19.3. The van der Waals surface area contributed by atoms with Crippen molar-refractivity contribution in [3.63, 3.8) is 0 Å². The molecule has 1 heterocycles. The zero-order valence-electron chi connectivity index (χ0n) is 12.5. The molecule has 1 aliphatic rings. The fourth-order valence-electron chi connectivity index (χ4n) is 2.02. The second-order valence-electron chi connectivity index (χ2n) is 5.05. The van der Waals surface area contributed by atoms with Crippen molar-refractivity contribution in [2.45, 2.75) is 24.4 Å². The van der Waals surface area contributed by atoms with Gasteiger partial charge in [0.15, 0.2) is 5.17 Å². The molecular weight excluding hydrogens is 374 g/mol. The average molecular weight is 388 g/mol. The Morgan fingerprint density at radius 1 is 1.33 bits per heavy atom. The van der Waals surface area contributed by atoms with Gasteiger partial charge in [-0.05, 0) is 24.6 Å². The van der Waals surface area contributed by atoms with E-state index in [4.69, 9.17) is 0 Å². The molecule has 10 heteroatoms. The van der Waals surface area contributed by atoms with Gasteiger partial charge in [0, 0.05) is 17.2 Å². The number of hydrogen-bond donors (Lipinski definition) is 0. The van der Waals surface area contributed by atoms with E-state index in [2.05, 4.69) is 4.99 Å². The number of benzene rings is 1. The third-order valence-electron chi connectivity index (χ3n) is 3.07. The second kappa shape index (κ2) is 7.90. The van der Waals surface area contributed by atoms with Crippen LogP contribution in [0.1, 0.15) is 5.56 Å². The van der Waals surface area contributed by atoms with Crippen molar-refractivity contribution in [3.05, 3.63) is 23.5 Å². The van der Waals surface area contributed by atoms with Gasteiger partial charge in [0.25, 0.3) is 6.43 Å².